The molecule has 1 fully saturated rings. The summed E-state index contributed by atoms with van der Waals surface area (Å²) < 4.78 is 5.78. The van der Waals surface area contributed by atoms with E-state index >= 15 is 0 Å². The van der Waals surface area contributed by atoms with Gasteiger partial charge in [-0.3, -0.25) is 0 Å². The molecule has 4 nitrogen and oxygen atoms in total. The zero-order chi connectivity index (χ0) is 11.1. The summed E-state index contributed by atoms with van der Waals surface area (Å²) in [6.07, 6.45) is 2.63. The Balaban J connectivity index is 1.99. The van der Waals surface area contributed by atoms with Gasteiger partial charge in [-0.1, -0.05) is 0 Å². The zero-order valence-electron chi connectivity index (χ0n) is 9.79. The molecule has 2 heterocycles. The summed E-state index contributed by atoms with van der Waals surface area (Å²) in [6.45, 7) is 5.76. The monoisotopic (exact) mass is 219 g/mol. The Labute approximate surface area is 95.4 Å². The topological polar surface area (TPSA) is 47.0 Å². The lowest BCUT2D eigenvalue weighted by Gasteiger charge is -2.13. The normalized spacial score (nSPS) is 18.9. The maximum atomic E-state index is 5.78. The van der Waals surface area contributed by atoms with Crippen molar-refractivity contribution in [1.29, 1.82) is 0 Å². The molecule has 16 heavy (non-hydrogen) atoms. The van der Waals surface area contributed by atoms with Crippen LogP contribution >= 0.6 is 0 Å². The molecule has 4 heteroatoms. The Hall–Kier alpha value is -1.16. The molecular weight excluding hydrogens is 202 g/mol. The van der Waals surface area contributed by atoms with E-state index in [1.54, 1.807) is 0 Å². The molecule has 0 bridgehead atoms. The van der Waals surface area contributed by atoms with Crippen molar-refractivity contribution >= 4 is 0 Å². The molecule has 1 saturated carbocycles. The fraction of sp³-hybridized carbons (Fsp3) is 0.667. The van der Waals surface area contributed by atoms with Crippen molar-refractivity contribution in [3.8, 4) is 5.88 Å². The molecule has 86 valence electrons. The molecule has 0 unspecified atom stereocenters. The molecule has 1 N–H and O–H groups in total. The van der Waals surface area contributed by atoms with Gasteiger partial charge in [0.05, 0.1) is 17.4 Å². The summed E-state index contributed by atoms with van der Waals surface area (Å²) in [6, 6.07) is 0. The summed E-state index contributed by atoms with van der Waals surface area (Å²) in [5, 5.41) is 3.31. The predicted octanol–water partition coefficient (Wildman–Crippen LogP) is 1.74. The standard InChI is InChI=1S/C12H17N3O/c1-7(2)16-12-9-5-13-6-10(9)14-11(15-12)8-3-4-8/h7-8,13H,3-6H2,1-2H3. The lowest BCUT2D eigenvalue weighted by molar-refractivity contribution is 0.229. The third-order valence-electron chi connectivity index (χ3n) is 2.96. The summed E-state index contributed by atoms with van der Waals surface area (Å²) in [5.41, 5.74) is 2.28. The van der Waals surface area contributed by atoms with Crippen LogP contribution in [0.5, 0.6) is 5.88 Å². The molecule has 1 aromatic rings. The van der Waals surface area contributed by atoms with Gasteiger partial charge in [0.2, 0.25) is 5.88 Å². The molecular formula is C12H17N3O. The van der Waals surface area contributed by atoms with Gasteiger partial charge in [-0.05, 0) is 26.7 Å². The average molecular weight is 219 g/mol. The van der Waals surface area contributed by atoms with Crippen LogP contribution in [-0.4, -0.2) is 16.1 Å². The van der Waals surface area contributed by atoms with Crippen molar-refractivity contribution in [3.05, 3.63) is 17.1 Å². The van der Waals surface area contributed by atoms with Gasteiger partial charge >= 0.3 is 0 Å². The molecule has 0 aromatic carbocycles. The van der Waals surface area contributed by atoms with Crippen LogP contribution in [0.2, 0.25) is 0 Å². The molecule has 1 aromatic heterocycles. The Bertz CT molecular complexity index is 413. The van der Waals surface area contributed by atoms with Gasteiger partial charge in [0.25, 0.3) is 0 Å². The van der Waals surface area contributed by atoms with Gasteiger partial charge in [-0.2, -0.15) is 4.98 Å². The number of hydrogen-bond acceptors (Lipinski definition) is 4. The third kappa shape index (κ3) is 1.78. The molecule has 1 aliphatic heterocycles. The highest BCUT2D eigenvalue weighted by molar-refractivity contribution is 5.35. The Kier molecular flexibility index (Phi) is 2.32. The van der Waals surface area contributed by atoms with Crippen LogP contribution in [0.1, 0.15) is 49.7 Å². The van der Waals surface area contributed by atoms with E-state index < -0.39 is 0 Å². The lowest BCUT2D eigenvalue weighted by atomic mass is 10.2. The van der Waals surface area contributed by atoms with Gasteiger partial charge < -0.3 is 10.1 Å². The van der Waals surface area contributed by atoms with Gasteiger partial charge in [-0.15, -0.1) is 0 Å². The molecule has 1 aliphatic carbocycles. The first-order chi connectivity index (χ1) is 7.74. The number of rotatable bonds is 3. The van der Waals surface area contributed by atoms with Crippen molar-refractivity contribution in [1.82, 2.24) is 15.3 Å². The van der Waals surface area contributed by atoms with E-state index in [4.69, 9.17) is 4.74 Å². The Morgan fingerprint density at radius 2 is 2.06 bits per heavy atom. The second kappa shape index (κ2) is 3.70. The number of nitrogens with one attached hydrogen (secondary N) is 1. The minimum atomic E-state index is 0.173. The van der Waals surface area contributed by atoms with Crippen molar-refractivity contribution in [2.75, 3.05) is 0 Å². The van der Waals surface area contributed by atoms with E-state index in [9.17, 15) is 0 Å². The van der Waals surface area contributed by atoms with Crippen LogP contribution in [0.3, 0.4) is 0 Å². The highest BCUT2D eigenvalue weighted by atomic mass is 16.5. The fourth-order valence-electron chi connectivity index (χ4n) is 2.00. The van der Waals surface area contributed by atoms with Crippen LogP contribution < -0.4 is 10.1 Å². The lowest BCUT2D eigenvalue weighted by Crippen LogP contribution is -2.11. The van der Waals surface area contributed by atoms with E-state index in [0.29, 0.717) is 5.92 Å². The van der Waals surface area contributed by atoms with Gasteiger partial charge in [0.1, 0.15) is 5.82 Å². The van der Waals surface area contributed by atoms with E-state index in [-0.39, 0.29) is 6.10 Å². The maximum Gasteiger partial charge on any atom is 0.221 e. The average Bonchev–Trinajstić information content (AvgIpc) is 2.96. The van der Waals surface area contributed by atoms with Gasteiger partial charge in [0.15, 0.2) is 0 Å². The van der Waals surface area contributed by atoms with E-state index in [2.05, 4.69) is 15.3 Å². The number of ether oxygens (including phenoxy) is 1. The number of fused-ring (bicyclic) bond motifs is 1. The van der Waals surface area contributed by atoms with Crippen molar-refractivity contribution in [2.45, 2.75) is 51.8 Å². The first-order valence-corrected chi connectivity index (χ1v) is 6.01. The highest BCUT2D eigenvalue weighted by Crippen LogP contribution is 2.39. The van der Waals surface area contributed by atoms with E-state index in [1.807, 2.05) is 13.8 Å². The molecule has 0 spiro atoms. The van der Waals surface area contributed by atoms with Gasteiger partial charge in [0, 0.05) is 19.0 Å². The summed E-state index contributed by atoms with van der Waals surface area (Å²) in [4.78, 5) is 9.20. The Morgan fingerprint density at radius 3 is 2.75 bits per heavy atom. The van der Waals surface area contributed by atoms with Crippen molar-refractivity contribution in [3.63, 3.8) is 0 Å². The third-order valence-corrected chi connectivity index (χ3v) is 2.96. The molecule has 0 amide bonds. The van der Waals surface area contributed by atoms with Crippen LogP contribution in [-0.2, 0) is 13.1 Å². The second-order valence-corrected chi connectivity index (χ2v) is 4.86. The number of hydrogen-bond donors (Lipinski definition) is 1. The SMILES string of the molecule is CC(C)Oc1nc(C2CC2)nc2c1CNC2. The summed E-state index contributed by atoms with van der Waals surface area (Å²) in [5.74, 6) is 2.37. The smallest absolute Gasteiger partial charge is 0.221 e. The second-order valence-electron chi connectivity index (χ2n) is 4.86. The van der Waals surface area contributed by atoms with Crippen LogP contribution in [0.25, 0.3) is 0 Å². The maximum absolute atomic E-state index is 5.78. The number of nitrogens with zero attached hydrogens (tertiary/aromatic N) is 2. The largest absolute Gasteiger partial charge is 0.475 e. The first kappa shape index (κ1) is 10.0. The fourth-order valence-corrected chi connectivity index (χ4v) is 2.00. The Morgan fingerprint density at radius 1 is 1.25 bits per heavy atom. The molecule has 0 atom stereocenters. The van der Waals surface area contributed by atoms with Gasteiger partial charge in [-0.25, -0.2) is 4.98 Å². The first-order valence-electron chi connectivity index (χ1n) is 6.01. The van der Waals surface area contributed by atoms with Crippen molar-refractivity contribution in [2.24, 2.45) is 0 Å². The quantitative estimate of drug-likeness (QED) is 0.841. The summed E-state index contributed by atoms with van der Waals surface area (Å²) >= 11 is 0. The van der Waals surface area contributed by atoms with Crippen LogP contribution in [0.15, 0.2) is 0 Å². The zero-order valence-corrected chi connectivity index (χ0v) is 9.79. The van der Waals surface area contributed by atoms with Crippen molar-refractivity contribution < 1.29 is 4.74 Å². The molecule has 0 radical (unpaired) electrons. The minimum absolute atomic E-state index is 0.173. The molecule has 0 saturated heterocycles. The minimum Gasteiger partial charge on any atom is -0.475 e. The summed E-state index contributed by atoms with van der Waals surface area (Å²) in [7, 11) is 0. The highest BCUT2D eigenvalue weighted by Gasteiger charge is 2.30. The van der Waals surface area contributed by atoms with Crippen LogP contribution in [0.4, 0.5) is 0 Å². The van der Waals surface area contributed by atoms with E-state index in [1.165, 1.54) is 12.8 Å². The van der Waals surface area contributed by atoms with Crippen LogP contribution in [0, 0.1) is 0 Å². The predicted molar refractivity (Wildman–Crippen MR) is 60.3 cm³/mol. The molecule has 2 aliphatic rings. The molecule has 3 rings (SSSR count). The van der Waals surface area contributed by atoms with E-state index in [0.717, 1.165) is 36.1 Å². The number of aromatic nitrogens is 2.